The SMILES string of the molecule is [Cr+4].[Cr+4].[O-2].[O-2].[O-2].[OH-].[OH-].[OH-].[OH-].c1ccc2[nH+]cccc2c1.c1ccc2[nH+]cccc2c1. The summed E-state index contributed by atoms with van der Waals surface area (Å²) in [6.45, 7) is 0. The summed E-state index contributed by atoms with van der Waals surface area (Å²) in [5, 5.41) is 2.51. The van der Waals surface area contributed by atoms with Gasteiger partial charge in [-0.1, -0.05) is 24.3 Å². The molecule has 0 fully saturated rings. The van der Waals surface area contributed by atoms with Crippen LogP contribution < -0.4 is 9.97 Å². The van der Waals surface area contributed by atoms with E-state index in [1.165, 1.54) is 21.8 Å². The predicted octanol–water partition coefficient (Wildman–Crippen LogP) is 2.24. The minimum absolute atomic E-state index is 0. The number of aromatic nitrogens is 2. The first-order valence-corrected chi connectivity index (χ1v) is 6.64. The molecule has 0 amide bonds. The van der Waals surface area contributed by atoms with E-state index in [2.05, 4.69) is 46.4 Å². The topological polar surface area (TPSA) is 234 Å². The van der Waals surface area contributed by atoms with Gasteiger partial charge in [-0.2, -0.15) is 0 Å². The molecule has 0 spiro atoms. The molecule has 29 heavy (non-hydrogen) atoms. The fourth-order valence-electron chi connectivity index (χ4n) is 2.13. The molecule has 4 aromatic rings. The van der Waals surface area contributed by atoms with Crippen molar-refractivity contribution in [2.75, 3.05) is 0 Å². The van der Waals surface area contributed by atoms with Gasteiger partial charge in [0.05, 0.1) is 0 Å². The number of hydrogen-bond donors (Lipinski definition) is 0. The molecule has 0 aliphatic rings. The Bertz CT molecular complexity index is 655. The fraction of sp³-hybridized carbons (Fsp3) is 0. The van der Waals surface area contributed by atoms with Crippen LogP contribution in [0.1, 0.15) is 0 Å². The van der Waals surface area contributed by atoms with E-state index in [9.17, 15) is 0 Å². The van der Waals surface area contributed by atoms with Gasteiger partial charge in [0.1, 0.15) is 0 Å². The molecule has 0 atom stereocenters. The van der Waals surface area contributed by atoms with E-state index in [4.69, 9.17) is 0 Å². The molecule has 6 N–H and O–H groups in total. The van der Waals surface area contributed by atoms with Crippen LogP contribution in [0.15, 0.2) is 85.2 Å². The Balaban J connectivity index is -0.0000000509. The van der Waals surface area contributed by atoms with Gasteiger partial charge < -0.3 is 38.3 Å². The second kappa shape index (κ2) is 24.1. The molecular weight excluding hydrogens is 460 g/mol. The van der Waals surface area contributed by atoms with Gasteiger partial charge in [-0.25, -0.2) is 9.97 Å². The van der Waals surface area contributed by atoms with E-state index in [0.29, 0.717) is 0 Å². The van der Waals surface area contributed by atoms with Crippen LogP contribution in [0, 0.1) is 0 Å². The molecule has 2 heterocycles. The van der Waals surface area contributed by atoms with Crippen molar-refractivity contribution in [2.45, 2.75) is 0 Å². The summed E-state index contributed by atoms with van der Waals surface area (Å²) in [5.74, 6) is 0. The van der Waals surface area contributed by atoms with Crippen molar-refractivity contribution in [2.24, 2.45) is 0 Å². The second-order valence-electron chi connectivity index (χ2n) is 4.51. The normalized spacial score (nSPS) is 6.90. The van der Waals surface area contributed by atoms with Crippen LogP contribution >= 0.6 is 0 Å². The summed E-state index contributed by atoms with van der Waals surface area (Å²) >= 11 is 0. The first kappa shape index (κ1) is 45.7. The summed E-state index contributed by atoms with van der Waals surface area (Å²) in [4.78, 5) is 6.30. The zero-order chi connectivity index (χ0) is 13.6. The van der Waals surface area contributed by atoms with E-state index >= 15 is 0 Å². The summed E-state index contributed by atoms with van der Waals surface area (Å²) in [5.41, 5.74) is 2.37. The maximum atomic E-state index is 3.15. The molecule has 11 heteroatoms. The minimum Gasteiger partial charge on any atom is -2.00 e. The Morgan fingerprint density at radius 2 is 0.690 bits per heavy atom. The second-order valence-corrected chi connectivity index (χ2v) is 4.51. The maximum absolute atomic E-state index is 3.15. The van der Waals surface area contributed by atoms with Crippen molar-refractivity contribution < 1.29 is 83.0 Å². The van der Waals surface area contributed by atoms with E-state index in [0.717, 1.165) is 0 Å². The van der Waals surface area contributed by atoms with Crippen LogP contribution in [-0.4, -0.2) is 21.9 Å². The number of hydrogen-bond acceptors (Lipinski definition) is 4. The summed E-state index contributed by atoms with van der Waals surface area (Å²) in [6, 6.07) is 24.6. The predicted molar refractivity (Wildman–Crippen MR) is 90.8 cm³/mol. The monoisotopic (exact) mass is 480 g/mol. The molecule has 9 nitrogen and oxygen atoms in total. The third-order valence-corrected chi connectivity index (χ3v) is 3.14. The zero-order valence-electron chi connectivity index (χ0n) is 14.9. The first-order chi connectivity index (χ1) is 9.93. The van der Waals surface area contributed by atoms with Gasteiger partial charge in [0, 0.05) is 35.0 Å². The van der Waals surface area contributed by atoms with E-state index in [1.807, 2.05) is 48.8 Å². The Morgan fingerprint density at radius 1 is 0.414 bits per heavy atom. The van der Waals surface area contributed by atoms with Gasteiger partial charge in [-0.15, -0.1) is 0 Å². The Labute approximate surface area is 189 Å². The molecular formula is C18H20Cr2N2O7. The molecule has 0 unspecified atom stereocenters. The molecule has 0 bridgehead atoms. The van der Waals surface area contributed by atoms with Gasteiger partial charge >= 0.3 is 34.7 Å². The fourth-order valence-corrected chi connectivity index (χ4v) is 2.13. The number of nitrogens with one attached hydrogen (secondary N) is 2. The summed E-state index contributed by atoms with van der Waals surface area (Å²) in [6.07, 6.45) is 3.87. The van der Waals surface area contributed by atoms with E-state index < -0.39 is 0 Å². The van der Waals surface area contributed by atoms with Crippen molar-refractivity contribution in [1.82, 2.24) is 0 Å². The summed E-state index contributed by atoms with van der Waals surface area (Å²) in [7, 11) is 0. The largest absolute Gasteiger partial charge is 4.00 e. The van der Waals surface area contributed by atoms with Crippen molar-refractivity contribution in [3.05, 3.63) is 85.2 Å². The molecule has 0 saturated carbocycles. The van der Waals surface area contributed by atoms with Gasteiger partial charge in [0.2, 0.25) is 11.0 Å². The van der Waals surface area contributed by atoms with Gasteiger partial charge in [0.25, 0.3) is 0 Å². The molecule has 4 rings (SSSR count). The average molecular weight is 480 g/mol. The molecule has 0 aliphatic carbocycles. The van der Waals surface area contributed by atoms with Crippen LogP contribution in [0.25, 0.3) is 21.8 Å². The van der Waals surface area contributed by atoms with Crippen molar-refractivity contribution in [3.8, 4) is 0 Å². The number of fused-ring (bicyclic) bond motifs is 2. The van der Waals surface area contributed by atoms with Crippen molar-refractivity contribution in [1.29, 1.82) is 0 Å². The van der Waals surface area contributed by atoms with Gasteiger partial charge in [0.15, 0.2) is 12.4 Å². The van der Waals surface area contributed by atoms with Crippen molar-refractivity contribution >= 4 is 21.8 Å². The third-order valence-electron chi connectivity index (χ3n) is 3.14. The number of H-pyrrole nitrogens is 2. The van der Waals surface area contributed by atoms with Crippen LogP contribution in [0.2, 0.25) is 0 Å². The zero-order valence-corrected chi connectivity index (χ0v) is 17.5. The number of pyridine rings is 2. The van der Waals surface area contributed by atoms with Crippen LogP contribution in [0.4, 0.5) is 0 Å². The first-order valence-electron chi connectivity index (χ1n) is 6.64. The van der Waals surface area contributed by atoms with Crippen molar-refractivity contribution in [3.63, 3.8) is 0 Å². The average Bonchev–Trinajstić information content (AvgIpc) is 2.56. The Morgan fingerprint density at radius 3 is 1.00 bits per heavy atom. The van der Waals surface area contributed by atoms with Crippen LogP contribution in [0.5, 0.6) is 0 Å². The molecule has 0 saturated heterocycles. The smallest absolute Gasteiger partial charge is 2.00 e. The molecule has 2 aromatic carbocycles. The van der Waals surface area contributed by atoms with E-state index in [1.54, 1.807) is 0 Å². The quantitative estimate of drug-likeness (QED) is 0.368. The Kier molecular flexibility index (Phi) is 37.9. The number of benzene rings is 2. The number of rotatable bonds is 0. The maximum Gasteiger partial charge on any atom is 4.00 e. The van der Waals surface area contributed by atoms with Crippen LogP contribution in [0.3, 0.4) is 0 Å². The third kappa shape index (κ3) is 13.0. The number of aromatic amines is 2. The molecule has 156 valence electrons. The van der Waals surface area contributed by atoms with Crippen LogP contribution in [-0.2, 0) is 51.2 Å². The van der Waals surface area contributed by atoms with Gasteiger partial charge in [-0.3, -0.25) is 0 Å². The minimum atomic E-state index is 0. The number of para-hydroxylation sites is 2. The van der Waals surface area contributed by atoms with E-state index in [-0.39, 0.29) is 73.1 Å². The Hall–Kier alpha value is -1.96. The molecule has 0 radical (unpaired) electrons. The molecule has 0 aliphatic heterocycles. The van der Waals surface area contributed by atoms with Gasteiger partial charge in [-0.05, 0) is 24.3 Å². The molecule has 2 aromatic heterocycles. The standard InChI is InChI=1S/2C9H7N.2Cr.4H2O.3O/c2*1-2-6-9-8(4-1)5-3-7-10-9;;;;;;;;;/h2*1-7H;;;4*1H2;;;/q;;2*+4;;;;;3*-2/p-2. The summed E-state index contributed by atoms with van der Waals surface area (Å²) < 4.78 is 0.